The number of hydrogen-bond acceptors (Lipinski definition) is 7. The van der Waals surface area contributed by atoms with Crippen molar-refractivity contribution in [2.75, 3.05) is 7.11 Å². The molecule has 7 nitrogen and oxygen atoms in total. The highest BCUT2D eigenvalue weighted by molar-refractivity contribution is 8.03. The Bertz CT molecular complexity index is 696. The molecule has 0 atom stereocenters. The normalized spacial score (nSPS) is 11.4. The SMILES string of the molecule is COc1cc(/C=C(\Sc2nnc(C)o2)C(=O)O)ccc1[O-]. The van der Waals surface area contributed by atoms with Gasteiger partial charge in [0.05, 0.1) is 7.11 Å². The summed E-state index contributed by atoms with van der Waals surface area (Å²) < 4.78 is 10.0. The predicted octanol–water partition coefficient (Wildman–Crippen LogP) is 1.68. The molecule has 110 valence electrons. The van der Waals surface area contributed by atoms with Gasteiger partial charge in [-0.1, -0.05) is 17.9 Å². The van der Waals surface area contributed by atoms with Crippen molar-refractivity contribution in [1.82, 2.24) is 10.2 Å². The second-order valence-corrected chi connectivity index (χ2v) is 4.91. The molecule has 0 saturated heterocycles. The van der Waals surface area contributed by atoms with E-state index in [2.05, 4.69) is 10.2 Å². The summed E-state index contributed by atoms with van der Waals surface area (Å²) in [6, 6.07) is 4.28. The third kappa shape index (κ3) is 3.76. The largest absolute Gasteiger partial charge is 0.870 e. The summed E-state index contributed by atoms with van der Waals surface area (Å²) in [5.41, 5.74) is 0.521. The fraction of sp³-hybridized carbons (Fsp3) is 0.154. The van der Waals surface area contributed by atoms with Crippen LogP contribution >= 0.6 is 11.8 Å². The maximum absolute atomic E-state index is 11.4. The van der Waals surface area contributed by atoms with Gasteiger partial charge >= 0.3 is 5.97 Å². The van der Waals surface area contributed by atoms with Crippen LogP contribution < -0.4 is 9.84 Å². The Morgan fingerprint density at radius 2 is 2.24 bits per heavy atom. The Morgan fingerprint density at radius 3 is 2.81 bits per heavy atom. The molecule has 0 aliphatic carbocycles. The zero-order valence-electron chi connectivity index (χ0n) is 11.2. The van der Waals surface area contributed by atoms with E-state index in [0.717, 1.165) is 11.8 Å². The number of aryl methyl sites for hydroxylation is 1. The number of methoxy groups -OCH3 is 1. The molecule has 2 aromatic rings. The molecular weight excluding hydrogens is 296 g/mol. The number of carboxylic acids is 1. The van der Waals surface area contributed by atoms with E-state index in [4.69, 9.17) is 9.15 Å². The van der Waals surface area contributed by atoms with E-state index < -0.39 is 5.97 Å². The lowest BCUT2D eigenvalue weighted by Crippen LogP contribution is -1.98. The highest BCUT2D eigenvalue weighted by Crippen LogP contribution is 2.30. The van der Waals surface area contributed by atoms with Crippen molar-refractivity contribution in [3.63, 3.8) is 0 Å². The fourth-order valence-corrected chi connectivity index (χ4v) is 2.19. The lowest BCUT2D eigenvalue weighted by Gasteiger charge is -2.12. The molecule has 1 aromatic heterocycles. The lowest BCUT2D eigenvalue weighted by molar-refractivity contribution is -0.270. The van der Waals surface area contributed by atoms with Crippen molar-refractivity contribution in [1.29, 1.82) is 0 Å². The standard InChI is InChI=1S/C13H12N2O5S/c1-7-14-15-13(20-7)21-11(12(17)18)6-8-3-4-9(16)10(5-8)19-2/h3-6,16H,1-2H3,(H,17,18)/p-1/b11-6-. The molecule has 0 amide bonds. The van der Waals surface area contributed by atoms with Crippen molar-refractivity contribution >= 4 is 23.8 Å². The van der Waals surface area contributed by atoms with Gasteiger partial charge in [-0.3, -0.25) is 0 Å². The van der Waals surface area contributed by atoms with Gasteiger partial charge in [-0.25, -0.2) is 4.79 Å². The molecule has 1 N–H and O–H groups in total. The number of aromatic nitrogens is 2. The lowest BCUT2D eigenvalue weighted by atomic mass is 10.2. The second-order valence-electron chi connectivity index (χ2n) is 3.91. The van der Waals surface area contributed by atoms with E-state index in [1.165, 1.54) is 31.4 Å². The second kappa shape index (κ2) is 6.31. The Labute approximate surface area is 124 Å². The van der Waals surface area contributed by atoms with Gasteiger partial charge in [0.25, 0.3) is 5.22 Å². The van der Waals surface area contributed by atoms with E-state index in [1.54, 1.807) is 6.92 Å². The molecule has 2 rings (SSSR count). The molecule has 0 unspecified atom stereocenters. The highest BCUT2D eigenvalue weighted by Gasteiger charge is 2.14. The van der Waals surface area contributed by atoms with Crippen LogP contribution in [-0.4, -0.2) is 28.4 Å². The number of hydrogen-bond donors (Lipinski definition) is 1. The summed E-state index contributed by atoms with van der Waals surface area (Å²) in [4.78, 5) is 11.2. The molecule has 0 fully saturated rings. The van der Waals surface area contributed by atoms with Gasteiger partial charge in [-0.15, -0.1) is 10.2 Å². The zero-order valence-corrected chi connectivity index (χ0v) is 12.0. The number of ether oxygens (including phenoxy) is 1. The molecule has 0 saturated carbocycles. The van der Waals surface area contributed by atoms with Crippen molar-refractivity contribution in [2.24, 2.45) is 0 Å². The van der Waals surface area contributed by atoms with Crippen molar-refractivity contribution in [2.45, 2.75) is 12.1 Å². The Kier molecular flexibility index (Phi) is 4.49. The molecule has 1 heterocycles. The van der Waals surface area contributed by atoms with Gasteiger partial charge in [-0.05, 0) is 29.5 Å². The van der Waals surface area contributed by atoms with E-state index in [1.807, 2.05) is 0 Å². The van der Waals surface area contributed by atoms with Crippen LogP contribution in [0.5, 0.6) is 11.5 Å². The van der Waals surface area contributed by atoms with Gasteiger partial charge < -0.3 is 19.4 Å². The zero-order chi connectivity index (χ0) is 15.4. The average Bonchev–Trinajstić information content (AvgIpc) is 2.85. The number of aliphatic carboxylic acids is 1. The monoisotopic (exact) mass is 307 g/mol. The smallest absolute Gasteiger partial charge is 0.342 e. The number of thioether (sulfide) groups is 1. The molecule has 21 heavy (non-hydrogen) atoms. The summed E-state index contributed by atoms with van der Waals surface area (Å²) >= 11 is 0.832. The summed E-state index contributed by atoms with van der Waals surface area (Å²) in [5, 5.41) is 28.1. The van der Waals surface area contributed by atoms with Crippen LogP contribution in [0.4, 0.5) is 0 Å². The van der Waals surface area contributed by atoms with Crippen molar-refractivity contribution in [3.05, 3.63) is 34.6 Å². The summed E-state index contributed by atoms with van der Waals surface area (Å²) in [7, 11) is 1.37. The first kappa shape index (κ1) is 14.9. The molecule has 1 aromatic carbocycles. The molecular formula is C13H11N2O5S-. The van der Waals surface area contributed by atoms with E-state index >= 15 is 0 Å². The molecule has 8 heteroatoms. The molecule has 0 bridgehead atoms. The minimum Gasteiger partial charge on any atom is -0.870 e. The number of rotatable bonds is 5. The molecule has 0 radical (unpaired) electrons. The predicted molar refractivity (Wildman–Crippen MR) is 72.9 cm³/mol. The van der Waals surface area contributed by atoms with Gasteiger partial charge in [0.1, 0.15) is 10.7 Å². The number of carboxylic acid groups (broad SMARTS) is 1. The molecule has 0 aliphatic rings. The number of carbonyl (C=O) groups is 1. The Morgan fingerprint density at radius 1 is 1.48 bits per heavy atom. The quantitative estimate of drug-likeness (QED) is 0.656. The summed E-state index contributed by atoms with van der Waals surface area (Å²) in [6.07, 6.45) is 1.40. The fourth-order valence-electron chi connectivity index (χ4n) is 1.47. The first-order valence-electron chi connectivity index (χ1n) is 5.77. The van der Waals surface area contributed by atoms with Gasteiger partial charge in [0.2, 0.25) is 5.89 Å². The topological polar surface area (TPSA) is 109 Å². The third-order valence-corrected chi connectivity index (χ3v) is 3.25. The van der Waals surface area contributed by atoms with Crippen molar-refractivity contribution < 1.29 is 24.2 Å². The third-order valence-electron chi connectivity index (χ3n) is 2.40. The van der Waals surface area contributed by atoms with Crippen LogP contribution in [-0.2, 0) is 4.79 Å². The van der Waals surface area contributed by atoms with E-state index in [-0.39, 0.29) is 21.6 Å². The average molecular weight is 307 g/mol. The van der Waals surface area contributed by atoms with Crippen LogP contribution in [0, 0.1) is 6.92 Å². The number of nitrogens with zero attached hydrogens (tertiary/aromatic N) is 2. The Hall–Kier alpha value is -2.48. The molecule has 0 spiro atoms. The van der Waals surface area contributed by atoms with E-state index in [0.29, 0.717) is 11.5 Å². The van der Waals surface area contributed by atoms with Crippen LogP contribution in [0.2, 0.25) is 0 Å². The van der Waals surface area contributed by atoms with E-state index in [9.17, 15) is 15.0 Å². The van der Waals surface area contributed by atoms with Crippen LogP contribution in [0.15, 0.2) is 32.7 Å². The first-order chi connectivity index (χ1) is 9.99. The van der Waals surface area contributed by atoms with Crippen LogP contribution in [0.3, 0.4) is 0 Å². The van der Waals surface area contributed by atoms with Gasteiger partial charge in [-0.2, -0.15) is 0 Å². The maximum Gasteiger partial charge on any atom is 0.342 e. The van der Waals surface area contributed by atoms with Crippen LogP contribution in [0.25, 0.3) is 6.08 Å². The van der Waals surface area contributed by atoms with Gasteiger partial charge in [0.15, 0.2) is 0 Å². The molecule has 0 aliphatic heterocycles. The van der Waals surface area contributed by atoms with Crippen molar-refractivity contribution in [3.8, 4) is 11.5 Å². The summed E-state index contributed by atoms with van der Waals surface area (Å²) in [6.45, 7) is 1.61. The number of benzene rings is 1. The minimum atomic E-state index is -1.14. The minimum absolute atomic E-state index is 0.0145. The summed E-state index contributed by atoms with van der Waals surface area (Å²) in [5.74, 6) is -0.917. The first-order valence-corrected chi connectivity index (χ1v) is 6.59. The van der Waals surface area contributed by atoms with Gasteiger partial charge in [0, 0.05) is 6.92 Å². The maximum atomic E-state index is 11.4. The van der Waals surface area contributed by atoms with Crippen LogP contribution in [0.1, 0.15) is 11.5 Å². The highest BCUT2D eigenvalue weighted by atomic mass is 32.2. The Balaban J connectivity index is 2.31.